The molecule has 0 spiro atoms. The molecule has 2 N–H and O–H groups in total. The molecule has 2 rings (SSSR count). The second-order valence-corrected chi connectivity index (χ2v) is 9.68. The number of para-hydroxylation sites is 2. The summed E-state index contributed by atoms with van der Waals surface area (Å²) < 4.78 is 0. The summed E-state index contributed by atoms with van der Waals surface area (Å²) >= 11 is 0. The summed E-state index contributed by atoms with van der Waals surface area (Å²) in [6, 6.07) is 15.0. The fourth-order valence-corrected chi connectivity index (χ4v) is 5.42. The van der Waals surface area contributed by atoms with Crippen molar-refractivity contribution in [3.8, 4) is 11.5 Å². The third-order valence-corrected chi connectivity index (χ3v) is 7.10. The number of rotatable bonds is 13. The normalized spacial score (nSPS) is 13.8. The lowest BCUT2D eigenvalue weighted by Gasteiger charge is -2.13. The summed E-state index contributed by atoms with van der Waals surface area (Å²) in [5.74, 6) is 2.40. The van der Waals surface area contributed by atoms with Crippen molar-refractivity contribution >= 4 is 34.0 Å². The molecule has 2 atom stereocenters. The molecule has 2 aromatic rings. The van der Waals surface area contributed by atoms with Crippen molar-refractivity contribution in [2.24, 2.45) is 9.98 Å². The molecule has 0 bridgehead atoms. The zero-order chi connectivity index (χ0) is 21.6. The molecule has 0 amide bonds. The van der Waals surface area contributed by atoms with Crippen LogP contribution in [0.1, 0.15) is 50.7 Å². The number of hydrogen-bond acceptors (Lipinski definition) is 6. The minimum Gasteiger partial charge on any atom is -0.507 e. The van der Waals surface area contributed by atoms with E-state index in [2.05, 4.69) is 13.8 Å². The van der Waals surface area contributed by atoms with Gasteiger partial charge in [0, 0.05) is 35.1 Å². The third-order valence-electron chi connectivity index (χ3n) is 4.57. The monoisotopic (exact) mass is 444 g/mol. The second kappa shape index (κ2) is 14.1. The standard InChI is InChI=1S/C24H32N2O2S2/c1-3-9-21(25-15-19-11-5-7-13-23(19)27)17-29-30-18-22(10-4-2)26-16-20-12-6-8-14-24(20)28/h5-8,11-16,21-22,27-28H,3-4,9-10,17-18H2,1-2H3. The summed E-state index contributed by atoms with van der Waals surface area (Å²) in [6.07, 6.45) is 7.80. The molecule has 4 nitrogen and oxygen atoms in total. The quantitative estimate of drug-likeness (QED) is 0.214. The van der Waals surface area contributed by atoms with E-state index < -0.39 is 0 Å². The molecule has 0 heterocycles. The second-order valence-electron chi connectivity index (χ2n) is 7.13. The molecular formula is C24H32N2O2S2. The molecule has 0 aliphatic rings. The van der Waals surface area contributed by atoms with Crippen LogP contribution in [0.4, 0.5) is 0 Å². The van der Waals surface area contributed by atoms with Crippen LogP contribution in [0.25, 0.3) is 0 Å². The third kappa shape index (κ3) is 8.84. The number of aliphatic imine (C=N–C) groups is 2. The average Bonchev–Trinajstić information content (AvgIpc) is 2.75. The first-order valence-corrected chi connectivity index (χ1v) is 13.0. The minimum absolute atomic E-state index is 0.237. The molecule has 0 fully saturated rings. The molecule has 30 heavy (non-hydrogen) atoms. The Labute approximate surface area is 188 Å². The molecule has 0 aromatic heterocycles. The Morgan fingerprint density at radius 2 is 1.13 bits per heavy atom. The lowest BCUT2D eigenvalue weighted by Crippen LogP contribution is -2.10. The van der Waals surface area contributed by atoms with E-state index in [0.717, 1.165) is 48.3 Å². The lowest BCUT2D eigenvalue weighted by atomic mass is 10.2. The number of nitrogens with zero attached hydrogens (tertiary/aromatic N) is 2. The summed E-state index contributed by atoms with van der Waals surface area (Å²) in [5, 5.41) is 19.8. The van der Waals surface area contributed by atoms with Gasteiger partial charge in [0.15, 0.2) is 0 Å². The zero-order valence-corrected chi connectivity index (χ0v) is 19.4. The summed E-state index contributed by atoms with van der Waals surface area (Å²) in [7, 11) is 3.67. The molecule has 0 radical (unpaired) electrons. The van der Waals surface area contributed by atoms with Gasteiger partial charge in [-0.3, -0.25) is 9.98 Å². The molecule has 2 aromatic carbocycles. The van der Waals surface area contributed by atoms with Gasteiger partial charge in [-0.25, -0.2) is 0 Å². The van der Waals surface area contributed by atoms with Gasteiger partial charge in [-0.05, 0) is 37.1 Å². The molecular weight excluding hydrogens is 412 g/mol. The van der Waals surface area contributed by atoms with E-state index in [0.29, 0.717) is 0 Å². The van der Waals surface area contributed by atoms with Crippen molar-refractivity contribution in [2.75, 3.05) is 11.5 Å². The Morgan fingerprint density at radius 3 is 1.50 bits per heavy atom. The van der Waals surface area contributed by atoms with Crippen LogP contribution in [-0.4, -0.2) is 46.2 Å². The maximum Gasteiger partial charge on any atom is 0.124 e. The van der Waals surface area contributed by atoms with Crippen molar-refractivity contribution < 1.29 is 10.2 Å². The Balaban J connectivity index is 1.84. The van der Waals surface area contributed by atoms with Crippen LogP contribution >= 0.6 is 21.6 Å². The Morgan fingerprint density at radius 1 is 0.733 bits per heavy atom. The Bertz CT molecular complexity index is 744. The van der Waals surface area contributed by atoms with Crippen LogP contribution in [0.15, 0.2) is 58.5 Å². The maximum atomic E-state index is 9.90. The molecule has 0 aliphatic heterocycles. The number of benzene rings is 2. The van der Waals surface area contributed by atoms with Crippen LogP contribution in [0.5, 0.6) is 11.5 Å². The number of phenols is 2. The predicted octanol–water partition coefficient (Wildman–Crippen LogP) is 6.35. The number of aromatic hydroxyl groups is 2. The molecule has 0 aliphatic carbocycles. The molecule has 0 saturated heterocycles. The minimum atomic E-state index is 0.237. The van der Waals surface area contributed by atoms with Gasteiger partial charge in [-0.1, -0.05) is 72.5 Å². The van der Waals surface area contributed by atoms with E-state index in [-0.39, 0.29) is 23.6 Å². The van der Waals surface area contributed by atoms with Crippen molar-refractivity contribution in [3.05, 3.63) is 59.7 Å². The molecule has 162 valence electrons. The first-order chi connectivity index (χ1) is 14.6. The topological polar surface area (TPSA) is 65.2 Å². The predicted molar refractivity (Wildman–Crippen MR) is 134 cm³/mol. The molecule has 6 heteroatoms. The molecule has 2 unspecified atom stereocenters. The van der Waals surface area contributed by atoms with Gasteiger partial charge in [-0.2, -0.15) is 0 Å². The van der Waals surface area contributed by atoms with Crippen LogP contribution in [0, 0.1) is 0 Å². The highest BCUT2D eigenvalue weighted by Crippen LogP contribution is 2.27. The SMILES string of the molecule is CCCC(CSSCC(CCC)N=Cc1ccccc1O)N=Cc1ccccc1O. The van der Waals surface area contributed by atoms with Gasteiger partial charge in [0.05, 0.1) is 12.1 Å². The Kier molecular flexibility index (Phi) is 11.5. The van der Waals surface area contributed by atoms with Gasteiger partial charge in [0.25, 0.3) is 0 Å². The van der Waals surface area contributed by atoms with E-state index in [4.69, 9.17) is 9.98 Å². The Hall–Kier alpha value is -1.92. The van der Waals surface area contributed by atoms with Crippen LogP contribution < -0.4 is 0 Å². The number of phenolic OH excluding ortho intramolecular Hbond substituents is 2. The van der Waals surface area contributed by atoms with Crippen LogP contribution in [-0.2, 0) is 0 Å². The number of hydrogen-bond donors (Lipinski definition) is 2. The summed E-state index contributed by atoms with van der Waals surface area (Å²) in [5.41, 5.74) is 1.52. The van der Waals surface area contributed by atoms with E-state index >= 15 is 0 Å². The lowest BCUT2D eigenvalue weighted by molar-refractivity contribution is 0.474. The highest BCUT2D eigenvalue weighted by Gasteiger charge is 2.10. The van der Waals surface area contributed by atoms with Crippen molar-refractivity contribution in [3.63, 3.8) is 0 Å². The van der Waals surface area contributed by atoms with E-state index in [1.807, 2.05) is 58.0 Å². The van der Waals surface area contributed by atoms with Gasteiger partial charge in [0.2, 0.25) is 0 Å². The molecule has 0 saturated carbocycles. The van der Waals surface area contributed by atoms with E-state index in [1.165, 1.54) is 0 Å². The van der Waals surface area contributed by atoms with Gasteiger partial charge >= 0.3 is 0 Å². The highest BCUT2D eigenvalue weighted by atomic mass is 33.1. The zero-order valence-electron chi connectivity index (χ0n) is 17.8. The summed E-state index contributed by atoms with van der Waals surface area (Å²) in [6.45, 7) is 4.34. The average molecular weight is 445 g/mol. The van der Waals surface area contributed by atoms with Gasteiger partial charge < -0.3 is 10.2 Å². The fourth-order valence-electron chi connectivity index (χ4n) is 2.89. The smallest absolute Gasteiger partial charge is 0.124 e. The first-order valence-electron chi connectivity index (χ1n) is 10.5. The van der Waals surface area contributed by atoms with Crippen molar-refractivity contribution in [1.29, 1.82) is 0 Å². The van der Waals surface area contributed by atoms with E-state index in [1.54, 1.807) is 24.6 Å². The maximum absolute atomic E-state index is 9.90. The van der Waals surface area contributed by atoms with E-state index in [9.17, 15) is 10.2 Å². The van der Waals surface area contributed by atoms with Crippen molar-refractivity contribution in [1.82, 2.24) is 0 Å². The van der Waals surface area contributed by atoms with Crippen LogP contribution in [0.3, 0.4) is 0 Å². The fraction of sp³-hybridized carbons (Fsp3) is 0.417. The van der Waals surface area contributed by atoms with Gasteiger partial charge in [-0.15, -0.1) is 0 Å². The van der Waals surface area contributed by atoms with Crippen molar-refractivity contribution in [2.45, 2.75) is 51.6 Å². The first kappa shape index (κ1) is 24.4. The van der Waals surface area contributed by atoms with Crippen LogP contribution in [0.2, 0.25) is 0 Å². The highest BCUT2D eigenvalue weighted by molar-refractivity contribution is 8.76. The summed E-state index contributed by atoms with van der Waals surface area (Å²) in [4.78, 5) is 9.41. The van der Waals surface area contributed by atoms with Gasteiger partial charge in [0.1, 0.15) is 11.5 Å². The largest absolute Gasteiger partial charge is 0.507 e.